The van der Waals surface area contributed by atoms with E-state index in [0.29, 0.717) is 11.1 Å². The maximum Gasteiger partial charge on any atom is 0.216 e. The van der Waals surface area contributed by atoms with Crippen molar-refractivity contribution in [3.05, 3.63) is 35.4 Å². The number of benzene rings is 1. The minimum Gasteiger partial charge on any atom is -0.212 e. The summed E-state index contributed by atoms with van der Waals surface area (Å²) in [5, 5.41) is 16.8. The van der Waals surface area contributed by atoms with Crippen LogP contribution in [0.1, 0.15) is 11.1 Å². The molecule has 0 fully saturated rings. The fourth-order valence-corrected chi connectivity index (χ4v) is 2.11. The third kappa shape index (κ3) is 3.70. The Kier molecular flexibility index (Phi) is 4.01. The van der Waals surface area contributed by atoms with E-state index in [9.17, 15) is 8.42 Å². The van der Waals surface area contributed by atoms with Gasteiger partial charge in [0.2, 0.25) is 10.0 Å². The first-order valence-corrected chi connectivity index (χ1v) is 6.06. The summed E-state index contributed by atoms with van der Waals surface area (Å²) in [6, 6.07) is 9.89. The van der Waals surface area contributed by atoms with Crippen molar-refractivity contribution in [1.82, 2.24) is 4.72 Å². The Labute approximate surface area is 94.0 Å². The van der Waals surface area contributed by atoms with Gasteiger partial charge < -0.3 is 0 Å². The molecule has 1 aromatic carbocycles. The zero-order valence-corrected chi connectivity index (χ0v) is 9.16. The van der Waals surface area contributed by atoms with Crippen molar-refractivity contribution >= 4 is 10.0 Å². The summed E-state index contributed by atoms with van der Waals surface area (Å²) in [6.07, 6.45) is 0. The van der Waals surface area contributed by atoms with E-state index in [1.165, 1.54) is 0 Å². The number of nitriles is 2. The molecule has 0 amide bonds. The summed E-state index contributed by atoms with van der Waals surface area (Å²) in [4.78, 5) is 0. The van der Waals surface area contributed by atoms with Gasteiger partial charge in [0.15, 0.2) is 0 Å². The van der Waals surface area contributed by atoms with Crippen LogP contribution < -0.4 is 4.72 Å². The Morgan fingerprint density at radius 1 is 1.19 bits per heavy atom. The summed E-state index contributed by atoms with van der Waals surface area (Å²) < 4.78 is 24.9. The molecule has 0 heterocycles. The highest BCUT2D eigenvalue weighted by atomic mass is 32.2. The van der Waals surface area contributed by atoms with E-state index in [2.05, 4.69) is 4.72 Å². The van der Waals surface area contributed by atoms with E-state index in [1.807, 2.05) is 6.07 Å². The maximum absolute atomic E-state index is 11.4. The Balaban J connectivity index is 2.74. The van der Waals surface area contributed by atoms with Gasteiger partial charge >= 0.3 is 0 Å². The molecule has 0 aliphatic heterocycles. The molecule has 16 heavy (non-hydrogen) atoms. The van der Waals surface area contributed by atoms with Gasteiger partial charge in [0.05, 0.1) is 30.0 Å². The summed E-state index contributed by atoms with van der Waals surface area (Å²) in [5.74, 6) is -0.194. The first-order chi connectivity index (χ1) is 7.57. The van der Waals surface area contributed by atoms with Gasteiger partial charge in [-0.3, -0.25) is 0 Å². The summed E-state index contributed by atoms with van der Waals surface area (Å²) in [5.41, 5.74) is 1.05. The number of sulfonamides is 1. The third-order valence-electron chi connectivity index (χ3n) is 1.81. The van der Waals surface area contributed by atoms with Gasteiger partial charge in [-0.15, -0.1) is 0 Å². The smallest absolute Gasteiger partial charge is 0.212 e. The van der Waals surface area contributed by atoms with E-state index in [-0.39, 0.29) is 12.3 Å². The molecule has 1 aromatic rings. The maximum atomic E-state index is 11.4. The van der Waals surface area contributed by atoms with Gasteiger partial charge in [-0.05, 0) is 17.7 Å². The SMILES string of the molecule is N#CCNS(=O)(=O)Cc1ccc(C#N)cc1. The van der Waals surface area contributed by atoms with Crippen LogP contribution in [0.4, 0.5) is 0 Å². The van der Waals surface area contributed by atoms with Crippen molar-refractivity contribution in [3.8, 4) is 12.1 Å². The Bertz CT molecular complexity index is 535. The second kappa shape index (κ2) is 5.26. The summed E-state index contributed by atoms with van der Waals surface area (Å²) in [6.45, 7) is -0.237. The normalized spacial score (nSPS) is 10.4. The molecule has 82 valence electrons. The van der Waals surface area contributed by atoms with Crippen LogP contribution in [-0.2, 0) is 15.8 Å². The van der Waals surface area contributed by atoms with Gasteiger partial charge in [-0.25, -0.2) is 13.1 Å². The molecule has 0 saturated heterocycles. The highest BCUT2D eigenvalue weighted by molar-refractivity contribution is 7.88. The van der Waals surface area contributed by atoms with Gasteiger partial charge in [0.25, 0.3) is 0 Å². The van der Waals surface area contributed by atoms with E-state index < -0.39 is 10.0 Å². The van der Waals surface area contributed by atoms with E-state index in [0.717, 1.165) is 0 Å². The van der Waals surface area contributed by atoms with E-state index in [4.69, 9.17) is 10.5 Å². The minimum absolute atomic E-state index is 0.194. The molecule has 5 nitrogen and oxygen atoms in total. The van der Waals surface area contributed by atoms with Gasteiger partial charge in [0.1, 0.15) is 0 Å². The zero-order valence-electron chi connectivity index (χ0n) is 8.34. The molecule has 0 aliphatic carbocycles. The molecular formula is C10H9N3O2S. The number of hydrogen-bond acceptors (Lipinski definition) is 4. The average Bonchev–Trinajstić information content (AvgIpc) is 2.27. The predicted molar refractivity (Wildman–Crippen MR) is 57.4 cm³/mol. The van der Waals surface area contributed by atoms with Crippen molar-refractivity contribution < 1.29 is 8.42 Å². The Morgan fingerprint density at radius 2 is 1.81 bits per heavy atom. The number of rotatable bonds is 4. The first-order valence-electron chi connectivity index (χ1n) is 4.41. The Morgan fingerprint density at radius 3 is 2.31 bits per heavy atom. The molecule has 0 radical (unpaired) electrons. The van der Waals surface area contributed by atoms with Crippen LogP contribution in [-0.4, -0.2) is 15.0 Å². The van der Waals surface area contributed by atoms with Crippen LogP contribution in [0.2, 0.25) is 0 Å². The lowest BCUT2D eigenvalue weighted by Crippen LogP contribution is -2.25. The van der Waals surface area contributed by atoms with Crippen LogP contribution >= 0.6 is 0 Å². The van der Waals surface area contributed by atoms with Gasteiger partial charge in [-0.2, -0.15) is 10.5 Å². The number of nitrogens with one attached hydrogen (secondary N) is 1. The fourth-order valence-electron chi connectivity index (χ4n) is 1.09. The van der Waals surface area contributed by atoms with Crippen LogP contribution in [0.25, 0.3) is 0 Å². The van der Waals surface area contributed by atoms with Gasteiger partial charge in [-0.1, -0.05) is 12.1 Å². The van der Waals surface area contributed by atoms with Crippen molar-refractivity contribution in [1.29, 1.82) is 10.5 Å². The quantitative estimate of drug-likeness (QED) is 0.769. The molecule has 0 atom stereocenters. The lowest BCUT2D eigenvalue weighted by atomic mass is 10.2. The Hall–Kier alpha value is -1.89. The third-order valence-corrected chi connectivity index (χ3v) is 3.11. The molecule has 0 aliphatic rings. The van der Waals surface area contributed by atoms with Crippen LogP contribution in [0, 0.1) is 22.7 Å². The molecule has 6 heteroatoms. The summed E-state index contributed by atoms with van der Waals surface area (Å²) >= 11 is 0. The monoisotopic (exact) mass is 235 g/mol. The molecule has 0 aromatic heterocycles. The second-order valence-electron chi connectivity index (χ2n) is 3.05. The van der Waals surface area contributed by atoms with Crippen molar-refractivity contribution in [2.75, 3.05) is 6.54 Å². The molecule has 1 rings (SSSR count). The van der Waals surface area contributed by atoms with Crippen LogP contribution in [0.15, 0.2) is 24.3 Å². The molecule has 0 spiro atoms. The molecule has 0 saturated carbocycles. The van der Waals surface area contributed by atoms with Gasteiger partial charge in [0, 0.05) is 0 Å². The molecule has 0 bridgehead atoms. The van der Waals surface area contributed by atoms with Crippen LogP contribution in [0.3, 0.4) is 0 Å². The minimum atomic E-state index is -3.47. The number of nitrogens with zero attached hydrogens (tertiary/aromatic N) is 2. The largest absolute Gasteiger partial charge is 0.216 e. The standard InChI is InChI=1S/C10H9N3O2S/c11-5-6-13-16(14,15)8-10-3-1-9(7-12)2-4-10/h1-4,13H,6,8H2. The van der Waals surface area contributed by atoms with Crippen molar-refractivity contribution in [2.45, 2.75) is 5.75 Å². The second-order valence-corrected chi connectivity index (χ2v) is 4.85. The average molecular weight is 235 g/mol. The van der Waals surface area contributed by atoms with Crippen LogP contribution in [0.5, 0.6) is 0 Å². The lowest BCUT2D eigenvalue weighted by molar-refractivity contribution is 0.585. The summed E-state index contributed by atoms with van der Waals surface area (Å²) in [7, 11) is -3.47. The zero-order chi connectivity index (χ0) is 12.0. The molecular weight excluding hydrogens is 226 g/mol. The molecule has 0 unspecified atom stereocenters. The van der Waals surface area contributed by atoms with Crippen molar-refractivity contribution in [3.63, 3.8) is 0 Å². The van der Waals surface area contributed by atoms with E-state index in [1.54, 1.807) is 30.3 Å². The topological polar surface area (TPSA) is 93.8 Å². The van der Waals surface area contributed by atoms with Crippen molar-refractivity contribution in [2.24, 2.45) is 0 Å². The fraction of sp³-hybridized carbons (Fsp3) is 0.200. The lowest BCUT2D eigenvalue weighted by Gasteiger charge is -2.03. The molecule has 1 N–H and O–H groups in total. The number of hydrogen-bond donors (Lipinski definition) is 1. The highest BCUT2D eigenvalue weighted by Crippen LogP contribution is 2.06. The van der Waals surface area contributed by atoms with E-state index >= 15 is 0 Å². The first kappa shape index (κ1) is 12.2. The highest BCUT2D eigenvalue weighted by Gasteiger charge is 2.10. The predicted octanol–water partition coefficient (Wildman–Crippen LogP) is 0.501.